The molecule has 5 heteroatoms. The van der Waals surface area contributed by atoms with E-state index in [1.54, 1.807) is 0 Å². The molecule has 162 valence electrons. The van der Waals surface area contributed by atoms with E-state index in [2.05, 4.69) is 53.4 Å². The van der Waals surface area contributed by atoms with Gasteiger partial charge in [-0.15, -0.1) is 0 Å². The molecular weight excluding hydrogens is 356 g/mol. The standard InChI is InChI=1S/C22H46N2O2S/c1-8-13-21(6,15-12-20(5)10-3)22(7,14-9-2)27(25,26)24-18-16-23(11-4)17-19-24/h20H,8-19H2,1-7H3. The third-order valence-corrected chi connectivity index (χ3v) is 10.3. The van der Waals surface area contributed by atoms with Crippen molar-refractivity contribution in [1.29, 1.82) is 0 Å². The molecule has 4 nitrogen and oxygen atoms in total. The zero-order valence-electron chi connectivity index (χ0n) is 19.2. The molecule has 3 atom stereocenters. The largest absolute Gasteiger partial charge is 0.301 e. The van der Waals surface area contributed by atoms with Gasteiger partial charge in [0.1, 0.15) is 0 Å². The van der Waals surface area contributed by atoms with Gasteiger partial charge in [-0.25, -0.2) is 8.42 Å². The smallest absolute Gasteiger partial charge is 0.220 e. The average molecular weight is 403 g/mol. The van der Waals surface area contributed by atoms with E-state index in [9.17, 15) is 8.42 Å². The molecule has 3 unspecified atom stereocenters. The van der Waals surface area contributed by atoms with Crippen LogP contribution in [0.25, 0.3) is 0 Å². The molecule has 0 aliphatic carbocycles. The maximum atomic E-state index is 13.9. The third-order valence-electron chi connectivity index (χ3n) is 7.38. The van der Waals surface area contributed by atoms with E-state index in [0.29, 0.717) is 19.0 Å². The first-order valence-corrected chi connectivity index (χ1v) is 12.8. The first-order chi connectivity index (χ1) is 12.6. The van der Waals surface area contributed by atoms with Crippen LogP contribution in [0, 0.1) is 11.3 Å². The molecule has 0 aromatic rings. The highest BCUT2D eigenvalue weighted by Crippen LogP contribution is 2.49. The quantitative estimate of drug-likeness (QED) is 0.453. The molecule has 0 spiro atoms. The second-order valence-electron chi connectivity index (χ2n) is 9.18. The Morgan fingerprint density at radius 1 is 0.889 bits per heavy atom. The van der Waals surface area contributed by atoms with Crippen molar-refractivity contribution in [3.05, 3.63) is 0 Å². The predicted octanol–water partition coefficient (Wildman–Crippen LogP) is 5.15. The Bertz CT molecular complexity index is 528. The van der Waals surface area contributed by atoms with Crippen molar-refractivity contribution in [3.63, 3.8) is 0 Å². The Balaban J connectivity index is 3.20. The van der Waals surface area contributed by atoms with Gasteiger partial charge in [-0.1, -0.05) is 67.2 Å². The minimum Gasteiger partial charge on any atom is -0.301 e. The van der Waals surface area contributed by atoms with Gasteiger partial charge in [0.2, 0.25) is 10.0 Å². The molecule has 0 amide bonds. The van der Waals surface area contributed by atoms with E-state index in [-0.39, 0.29) is 5.41 Å². The van der Waals surface area contributed by atoms with Crippen LogP contribution in [0.1, 0.15) is 93.4 Å². The molecule has 0 radical (unpaired) electrons. The third kappa shape index (κ3) is 5.48. The van der Waals surface area contributed by atoms with E-state index in [4.69, 9.17) is 0 Å². The van der Waals surface area contributed by atoms with Gasteiger partial charge in [-0.05, 0) is 44.1 Å². The fourth-order valence-electron chi connectivity index (χ4n) is 4.76. The zero-order valence-corrected chi connectivity index (χ0v) is 20.0. The second kappa shape index (κ2) is 10.6. The van der Waals surface area contributed by atoms with Crippen molar-refractivity contribution < 1.29 is 8.42 Å². The Kier molecular flexibility index (Phi) is 9.77. The Morgan fingerprint density at radius 3 is 1.89 bits per heavy atom. The summed E-state index contributed by atoms with van der Waals surface area (Å²) in [5.41, 5.74) is -0.179. The van der Waals surface area contributed by atoms with Crippen molar-refractivity contribution in [2.45, 2.75) is 98.2 Å². The molecule has 1 aliphatic heterocycles. The number of rotatable bonds is 12. The van der Waals surface area contributed by atoms with E-state index in [1.807, 2.05) is 4.31 Å². The Labute approximate surface area is 170 Å². The second-order valence-corrected chi connectivity index (χ2v) is 11.5. The van der Waals surface area contributed by atoms with Crippen LogP contribution in [0.2, 0.25) is 0 Å². The molecule has 27 heavy (non-hydrogen) atoms. The SMILES string of the molecule is CCCC(C)(CCC(C)CC)C(C)(CCC)S(=O)(=O)N1CCN(CC)CC1. The van der Waals surface area contributed by atoms with Crippen molar-refractivity contribution in [2.75, 3.05) is 32.7 Å². The van der Waals surface area contributed by atoms with Crippen molar-refractivity contribution >= 4 is 10.0 Å². The summed E-state index contributed by atoms with van der Waals surface area (Å²) in [6, 6.07) is 0. The minimum absolute atomic E-state index is 0.179. The van der Waals surface area contributed by atoms with Gasteiger partial charge in [0.25, 0.3) is 0 Å². The molecule has 0 N–H and O–H groups in total. The molecule has 0 aromatic carbocycles. The number of likely N-dealkylation sites (N-methyl/N-ethyl adjacent to an activating group) is 1. The molecule has 0 saturated carbocycles. The lowest BCUT2D eigenvalue weighted by Gasteiger charge is -2.49. The molecule has 1 aliphatic rings. The summed E-state index contributed by atoms with van der Waals surface area (Å²) in [7, 11) is -3.35. The molecule has 0 aromatic heterocycles. The van der Waals surface area contributed by atoms with Crippen molar-refractivity contribution in [2.24, 2.45) is 11.3 Å². The summed E-state index contributed by atoms with van der Waals surface area (Å²) in [4.78, 5) is 2.34. The van der Waals surface area contributed by atoms with Gasteiger partial charge < -0.3 is 4.90 Å². The monoisotopic (exact) mass is 402 g/mol. The lowest BCUT2D eigenvalue weighted by molar-refractivity contribution is 0.144. The number of nitrogens with zero attached hydrogens (tertiary/aromatic N) is 2. The summed E-state index contributed by atoms with van der Waals surface area (Å²) < 4.78 is 29.0. The molecule has 1 saturated heterocycles. The van der Waals surface area contributed by atoms with Gasteiger partial charge >= 0.3 is 0 Å². The minimum atomic E-state index is -3.35. The maximum absolute atomic E-state index is 13.9. The van der Waals surface area contributed by atoms with Crippen LogP contribution in [0.15, 0.2) is 0 Å². The summed E-state index contributed by atoms with van der Waals surface area (Å²) in [6.07, 6.45) is 6.96. The highest BCUT2D eigenvalue weighted by Gasteiger charge is 2.54. The van der Waals surface area contributed by atoms with Crippen LogP contribution in [0.5, 0.6) is 0 Å². The number of piperazine rings is 1. The van der Waals surface area contributed by atoms with Crippen LogP contribution in [0.3, 0.4) is 0 Å². The maximum Gasteiger partial charge on any atom is 0.220 e. The molecule has 1 rings (SSSR count). The van der Waals surface area contributed by atoms with E-state index in [0.717, 1.165) is 58.2 Å². The van der Waals surface area contributed by atoms with Gasteiger partial charge in [0.05, 0.1) is 4.75 Å². The van der Waals surface area contributed by atoms with Crippen LogP contribution >= 0.6 is 0 Å². The molecule has 1 fully saturated rings. The summed E-state index contributed by atoms with van der Waals surface area (Å²) in [6.45, 7) is 19.3. The lowest BCUT2D eigenvalue weighted by atomic mass is 9.68. The first kappa shape index (κ1) is 24.9. The van der Waals surface area contributed by atoms with Gasteiger partial charge in [0, 0.05) is 26.2 Å². The van der Waals surface area contributed by atoms with Crippen LogP contribution in [-0.2, 0) is 10.0 Å². The molecular formula is C22H46N2O2S. The summed E-state index contributed by atoms with van der Waals surface area (Å²) in [5, 5.41) is 0. The topological polar surface area (TPSA) is 40.6 Å². The van der Waals surface area contributed by atoms with Crippen molar-refractivity contribution in [3.8, 4) is 0 Å². The zero-order chi connectivity index (χ0) is 20.7. The van der Waals surface area contributed by atoms with Crippen LogP contribution < -0.4 is 0 Å². The first-order valence-electron chi connectivity index (χ1n) is 11.3. The summed E-state index contributed by atoms with van der Waals surface area (Å²) in [5.74, 6) is 0.655. The molecule has 1 heterocycles. The highest BCUT2D eigenvalue weighted by molar-refractivity contribution is 7.90. The van der Waals surface area contributed by atoms with E-state index in [1.165, 1.54) is 6.42 Å². The van der Waals surface area contributed by atoms with Crippen molar-refractivity contribution in [1.82, 2.24) is 9.21 Å². The van der Waals surface area contributed by atoms with Crippen LogP contribution in [0.4, 0.5) is 0 Å². The average Bonchev–Trinajstić information content (AvgIpc) is 2.66. The van der Waals surface area contributed by atoms with Gasteiger partial charge in [-0.3, -0.25) is 0 Å². The van der Waals surface area contributed by atoms with Crippen LogP contribution in [-0.4, -0.2) is 55.1 Å². The lowest BCUT2D eigenvalue weighted by Crippen LogP contribution is -2.59. The predicted molar refractivity (Wildman–Crippen MR) is 118 cm³/mol. The van der Waals surface area contributed by atoms with Gasteiger partial charge in [-0.2, -0.15) is 4.31 Å². The highest BCUT2D eigenvalue weighted by atomic mass is 32.2. The number of sulfonamides is 1. The summed E-state index contributed by atoms with van der Waals surface area (Å²) >= 11 is 0. The number of hydrogen-bond acceptors (Lipinski definition) is 3. The molecule has 0 bridgehead atoms. The fourth-order valence-corrected chi connectivity index (χ4v) is 7.27. The Hall–Kier alpha value is -0.130. The number of hydrogen-bond donors (Lipinski definition) is 0. The van der Waals surface area contributed by atoms with E-state index >= 15 is 0 Å². The van der Waals surface area contributed by atoms with Gasteiger partial charge in [0.15, 0.2) is 0 Å². The van der Waals surface area contributed by atoms with E-state index < -0.39 is 14.8 Å². The fraction of sp³-hybridized carbons (Fsp3) is 1.00. The Morgan fingerprint density at radius 2 is 1.44 bits per heavy atom. The normalized spacial score (nSPS) is 22.9.